The molecule has 0 aliphatic rings. The van der Waals surface area contributed by atoms with Crippen molar-refractivity contribution >= 4 is 22.7 Å². The molecule has 0 aliphatic heterocycles. The molecule has 0 spiro atoms. The molecule has 2 aromatic carbocycles. The van der Waals surface area contributed by atoms with Gasteiger partial charge in [0.2, 0.25) is 0 Å². The number of anilines is 4. The Morgan fingerprint density at radius 3 is 1.18 bits per heavy atom. The van der Waals surface area contributed by atoms with E-state index in [1.807, 2.05) is 14.1 Å². The van der Waals surface area contributed by atoms with E-state index in [4.69, 9.17) is 0 Å². The van der Waals surface area contributed by atoms with Crippen LogP contribution in [0.5, 0.6) is 0 Å². The molecular weight excluding hydrogens is 272 g/mol. The van der Waals surface area contributed by atoms with E-state index in [0.717, 1.165) is 37.3 Å². The highest BCUT2D eigenvalue weighted by molar-refractivity contribution is 5.54. The van der Waals surface area contributed by atoms with Crippen molar-refractivity contribution in [2.24, 2.45) is 0 Å². The van der Waals surface area contributed by atoms with Crippen LogP contribution in [0, 0.1) is 0 Å². The highest BCUT2D eigenvalue weighted by atomic mass is 14.9. The Bertz CT molecular complexity index is 483. The van der Waals surface area contributed by atoms with Crippen LogP contribution in [0.4, 0.5) is 22.7 Å². The molecule has 0 radical (unpaired) electrons. The number of unbranched alkanes of at least 4 members (excludes halogenated alkanes) is 1. The number of benzene rings is 2. The summed E-state index contributed by atoms with van der Waals surface area (Å²) in [6.07, 6.45) is 2.30. The molecule has 4 heteroatoms. The maximum absolute atomic E-state index is 3.45. The fraction of sp³-hybridized carbons (Fsp3) is 0.333. The van der Waals surface area contributed by atoms with Gasteiger partial charge in [-0.1, -0.05) is 0 Å². The van der Waals surface area contributed by atoms with Crippen LogP contribution in [-0.4, -0.2) is 27.2 Å². The van der Waals surface area contributed by atoms with Gasteiger partial charge in [-0.3, -0.25) is 0 Å². The quantitative estimate of drug-likeness (QED) is 0.527. The molecular formula is C18H26N4. The first kappa shape index (κ1) is 16.0. The van der Waals surface area contributed by atoms with Gasteiger partial charge in [-0.2, -0.15) is 0 Å². The number of hydrogen-bond acceptors (Lipinski definition) is 4. The van der Waals surface area contributed by atoms with E-state index < -0.39 is 0 Å². The van der Waals surface area contributed by atoms with E-state index in [9.17, 15) is 0 Å². The molecule has 0 aliphatic carbocycles. The van der Waals surface area contributed by atoms with Crippen molar-refractivity contribution in [2.45, 2.75) is 12.8 Å². The smallest absolute Gasteiger partial charge is 0.0341 e. The monoisotopic (exact) mass is 298 g/mol. The van der Waals surface area contributed by atoms with E-state index in [0.29, 0.717) is 0 Å². The Morgan fingerprint density at radius 2 is 0.864 bits per heavy atom. The van der Waals surface area contributed by atoms with Crippen LogP contribution in [0.15, 0.2) is 48.5 Å². The zero-order valence-electron chi connectivity index (χ0n) is 13.4. The average Bonchev–Trinajstić information content (AvgIpc) is 2.59. The lowest BCUT2D eigenvalue weighted by molar-refractivity contribution is 0.796. The van der Waals surface area contributed by atoms with Gasteiger partial charge in [-0.25, -0.2) is 0 Å². The lowest BCUT2D eigenvalue weighted by atomic mass is 10.2. The Hall–Kier alpha value is -2.36. The minimum atomic E-state index is 0.999. The van der Waals surface area contributed by atoms with Gasteiger partial charge >= 0.3 is 0 Å². The zero-order valence-corrected chi connectivity index (χ0v) is 13.4. The van der Waals surface area contributed by atoms with E-state index in [1.165, 1.54) is 11.4 Å². The predicted molar refractivity (Wildman–Crippen MR) is 98.2 cm³/mol. The van der Waals surface area contributed by atoms with E-state index in [1.54, 1.807) is 0 Å². The molecule has 0 saturated heterocycles. The minimum Gasteiger partial charge on any atom is -0.388 e. The van der Waals surface area contributed by atoms with Crippen LogP contribution in [-0.2, 0) is 0 Å². The van der Waals surface area contributed by atoms with Crippen molar-refractivity contribution in [3.05, 3.63) is 48.5 Å². The van der Waals surface area contributed by atoms with Gasteiger partial charge in [0, 0.05) is 49.9 Å². The molecule has 4 N–H and O–H groups in total. The molecule has 4 nitrogen and oxygen atoms in total. The van der Waals surface area contributed by atoms with Crippen LogP contribution in [0.25, 0.3) is 0 Å². The number of nitrogens with one attached hydrogen (secondary N) is 4. The fourth-order valence-electron chi connectivity index (χ4n) is 2.22. The summed E-state index contributed by atoms with van der Waals surface area (Å²) >= 11 is 0. The van der Waals surface area contributed by atoms with E-state index >= 15 is 0 Å². The molecule has 0 aromatic heterocycles. The summed E-state index contributed by atoms with van der Waals surface area (Å²) in [5.74, 6) is 0. The molecule has 0 unspecified atom stereocenters. The second kappa shape index (κ2) is 8.82. The molecule has 0 heterocycles. The van der Waals surface area contributed by atoms with E-state index in [2.05, 4.69) is 69.8 Å². The van der Waals surface area contributed by atoms with Crippen molar-refractivity contribution in [3.63, 3.8) is 0 Å². The Labute approximate surface area is 133 Å². The van der Waals surface area contributed by atoms with Gasteiger partial charge < -0.3 is 21.3 Å². The number of hydrogen-bond donors (Lipinski definition) is 4. The topological polar surface area (TPSA) is 48.1 Å². The summed E-state index contributed by atoms with van der Waals surface area (Å²) in [4.78, 5) is 0. The van der Waals surface area contributed by atoms with Crippen molar-refractivity contribution in [2.75, 3.05) is 48.5 Å². The van der Waals surface area contributed by atoms with Gasteiger partial charge in [0.05, 0.1) is 0 Å². The third-order valence-electron chi connectivity index (χ3n) is 3.61. The molecule has 2 aromatic rings. The zero-order chi connectivity index (χ0) is 15.6. The molecule has 0 atom stereocenters. The van der Waals surface area contributed by atoms with Crippen molar-refractivity contribution in [1.29, 1.82) is 0 Å². The van der Waals surface area contributed by atoms with Crippen LogP contribution in [0.2, 0.25) is 0 Å². The van der Waals surface area contributed by atoms with Crippen molar-refractivity contribution in [1.82, 2.24) is 0 Å². The lowest BCUT2D eigenvalue weighted by Gasteiger charge is -2.09. The molecule has 0 bridgehead atoms. The van der Waals surface area contributed by atoms with Crippen molar-refractivity contribution < 1.29 is 0 Å². The van der Waals surface area contributed by atoms with E-state index in [-0.39, 0.29) is 0 Å². The summed E-state index contributed by atoms with van der Waals surface area (Å²) < 4.78 is 0. The van der Waals surface area contributed by atoms with Crippen LogP contribution >= 0.6 is 0 Å². The van der Waals surface area contributed by atoms with Crippen molar-refractivity contribution in [3.8, 4) is 0 Å². The molecule has 0 amide bonds. The van der Waals surface area contributed by atoms with Gasteiger partial charge in [-0.05, 0) is 61.4 Å². The summed E-state index contributed by atoms with van der Waals surface area (Å²) in [5, 5.41) is 13.1. The second-order valence-electron chi connectivity index (χ2n) is 5.22. The van der Waals surface area contributed by atoms with Gasteiger partial charge in [-0.15, -0.1) is 0 Å². The Balaban J connectivity index is 1.58. The average molecular weight is 298 g/mol. The minimum absolute atomic E-state index is 0.999. The lowest BCUT2D eigenvalue weighted by Crippen LogP contribution is -2.06. The van der Waals surface area contributed by atoms with Gasteiger partial charge in [0.15, 0.2) is 0 Å². The maximum atomic E-state index is 3.45. The normalized spacial score (nSPS) is 10.1. The standard InChI is InChI=1S/C18H26N4/c1-19-15-5-9-17(10-6-15)21-13-3-4-14-22-18-11-7-16(20-2)8-12-18/h5-12,19-22H,3-4,13-14H2,1-2H3. The summed E-state index contributed by atoms with van der Waals surface area (Å²) in [5.41, 5.74) is 4.63. The highest BCUT2D eigenvalue weighted by Gasteiger charge is 1.95. The molecule has 22 heavy (non-hydrogen) atoms. The third kappa shape index (κ3) is 5.20. The second-order valence-corrected chi connectivity index (χ2v) is 5.22. The van der Waals surface area contributed by atoms with Gasteiger partial charge in [0.1, 0.15) is 0 Å². The van der Waals surface area contributed by atoms with Crippen LogP contribution in [0.1, 0.15) is 12.8 Å². The SMILES string of the molecule is CNc1ccc(NCCCCNc2ccc(NC)cc2)cc1. The fourth-order valence-corrected chi connectivity index (χ4v) is 2.22. The van der Waals surface area contributed by atoms with Gasteiger partial charge in [0.25, 0.3) is 0 Å². The summed E-state index contributed by atoms with van der Waals surface area (Å²) in [6.45, 7) is 2.00. The van der Waals surface area contributed by atoms with Crippen LogP contribution < -0.4 is 21.3 Å². The molecule has 2 rings (SSSR count). The summed E-state index contributed by atoms with van der Waals surface area (Å²) in [6, 6.07) is 16.7. The molecule has 0 fully saturated rings. The first-order valence-corrected chi connectivity index (χ1v) is 7.85. The highest BCUT2D eigenvalue weighted by Crippen LogP contribution is 2.14. The molecule has 118 valence electrons. The Morgan fingerprint density at radius 1 is 0.545 bits per heavy atom. The Kier molecular flexibility index (Phi) is 6.42. The predicted octanol–water partition coefficient (Wildman–Crippen LogP) is 4.07. The summed E-state index contributed by atoms with van der Waals surface area (Å²) in [7, 11) is 3.86. The maximum Gasteiger partial charge on any atom is 0.0341 e. The van der Waals surface area contributed by atoms with Crippen LogP contribution in [0.3, 0.4) is 0 Å². The largest absolute Gasteiger partial charge is 0.388 e. The first-order valence-electron chi connectivity index (χ1n) is 7.85. The number of rotatable bonds is 9. The molecule has 0 saturated carbocycles. The third-order valence-corrected chi connectivity index (χ3v) is 3.61. The first-order chi connectivity index (χ1) is 10.8.